The first-order chi connectivity index (χ1) is 9.81. The van der Waals surface area contributed by atoms with Crippen LogP contribution in [0.5, 0.6) is 0 Å². The Bertz CT molecular complexity index is 710. The highest BCUT2D eigenvalue weighted by Crippen LogP contribution is 2.30. The summed E-state index contributed by atoms with van der Waals surface area (Å²) in [6, 6.07) is 4.26. The molecule has 0 saturated heterocycles. The Morgan fingerprint density at radius 3 is 2.14 bits per heavy atom. The Labute approximate surface area is 127 Å². The third-order valence-corrected chi connectivity index (χ3v) is 3.07. The highest BCUT2D eigenvalue weighted by Gasteiger charge is 2.20. The standard InChI is InChI=1S/C13H7ClF4N2S/c14-5-1-2-6(13(19)21)9(3-5)20-12-10(17)7(15)4-8(16)11(12)18/h1-4,20H,(H2,19,21). The summed E-state index contributed by atoms with van der Waals surface area (Å²) in [5, 5.41) is 2.45. The molecule has 2 aromatic rings. The molecule has 0 aliphatic heterocycles. The SMILES string of the molecule is NC(=S)c1ccc(Cl)cc1Nc1c(F)c(F)cc(F)c1F. The van der Waals surface area contributed by atoms with Gasteiger partial charge in [0, 0.05) is 16.7 Å². The fourth-order valence-corrected chi connectivity index (χ4v) is 2.00. The molecule has 21 heavy (non-hydrogen) atoms. The average Bonchev–Trinajstić information content (AvgIpc) is 2.41. The molecule has 0 atom stereocenters. The van der Waals surface area contributed by atoms with Gasteiger partial charge in [0.05, 0.1) is 5.69 Å². The van der Waals surface area contributed by atoms with E-state index < -0.39 is 29.0 Å². The maximum absolute atomic E-state index is 13.6. The number of rotatable bonds is 3. The highest BCUT2D eigenvalue weighted by molar-refractivity contribution is 7.80. The van der Waals surface area contributed by atoms with Crippen molar-refractivity contribution in [2.45, 2.75) is 0 Å². The Balaban J connectivity index is 2.58. The summed E-state index contributed by atoms with van der Waals surface area (Å²) in [7, 11) is 0. The number of hydrogen-bond donors (Lipinski definition) is 2. The molecule has 0 saturated carbocycles. The molecule has 0 spiro atoms. The van der Waals surface area contributed by atoms with E-state index in [1.165, 1.54) is 18.2 Å². The molecule has 2 nitrogen and oxygen atoms in total. The van der Waals surface area contributed by atoms with Crippen LogP contribution >= 0.6 is 23.8 Å². The van der Waals surface area contributed by atoms with Crippen LogP contribution in [-0.4, -0.2) is 4.99 Å². The molecule has 2 aromatic carbocycles. The molecular formula is C13H7ClF4N2S. The first-order valence-corrected chi connectivity index (χ1v) is 6.29. The van der Waals surface area contributed by atoms with Crippen molar-refractivity contribution in [2.75, 3.05) is 5.32 Å². The maximum Gasteiger partial charge on any atom is 0.185 e. The van der Waals surface area contributed by atoms with Gasteiger partial charge in [-0.1, -0.05) is 23.8 Å². The molecule has 0 heterocycles. The van der Waals surface area contributed by atoms with Crippen molar-refractivity contribution in [3.63, 3.8) is 0 Å². The molecule has 0 fully saturated rings. The smallest absolute Gasteiger partial charge is 0.185 e. The summed E-state index contributed by atoms with van der Waals surface area (Å²) in [6.45, 7) is 0. The van der Waals surface area contributed by atoms with E-state index in [1.807, 2.05) is 0 Å². The predicted octanol–water partition coefficient (Wildman–Crippen LogP) is 4.27. The van der Waals surface area contributed by atoms with Gasteiger partial charge < -0.3 is 11.1 Å². The minimum absolute atomic E-state index is 0.0257. The first kappa shape index (κ1) is 15.5. The van der Waals surface area contributed by atoms with E-state index in [4.69, 9.17) is 29.6 Å². The lowest BCUT2D eigenvalue weighted by molar-refractivity contribution is 0.459. The van der Waals surface area contributed by atoms with Crippen molar-refractivity contribution in [3.05, 3.63) is 58.1 Å². The van der Waals surface area contributed by atoms with E-state index in [9.17, 15) is 17.6 Å². The van der Waals surface area contributed by atoms with E-state index in [0.29, 0.717) is 0 Å². The second-order valence-electron chi connectivity index (χ2n) is 4.02. The Kier molecular flexibility index (Phi) is 4.34. The van der Waals surface area contributed by atoms with Crippen LogP contribution < -0.4 is 11.1 Å². The molecule has 0 unspecified atom stereocenters. The van der Waals surface area contributed by atoms with Gasteiger partial charge in [-0.05, 0) is 18.2 Å². The van der Waals surface area contributed by atoms with Crippen molar-refractivity contribution in [2.24, 2.45) is 5.73 Å². The van der Waals surface area contributed by atoms with Gasteiger partial charge in [0.25, 0.3) is 0 Å². The quantitative estimate of drug-likeness (QED) is 0.500. The topological polar surface area (TPSA) is 38.0 Å². The number of thiocarbonyl (C=S) groups is 1. The van der Waals surface area contributed by atoms with Crippen molar-refractivity contribution >= 4 is 40.2 Å². The van der Waals surface area contributed by atoms with Crippen LogP contribution in [0.2, 0.25) is 5.02 Å². The number of hydrogen-bond acceptors (Lipinski definition) is 2. The molecule has 0 aliphatic rings. The third kappa shape index (κ3) is 3.08. The molecular weight excluding hydrogens is 328 g/mol. The van der Waals surface area contributed by atoms with Gasteiger partial charge in [-0.3, -0.25) is 0 Å². The van der Waals surface area contributed by atoms with Gasteiger partial charge in [-0.25, -0.2) is 17.6 Å². The van der Waals surface area contributed by atoms with Crippen LogP contribution in [-0.2, 0) is 0 Å². The molecule has 0 bridgehead atoms. The monoisotopic (exact) mass is 334 g/mol. The molecule has 0 amide bonds. The number of nitrogens with one attached hydrogen (secondary N) is 1. The number of anilines is 2. The van der Waals surface area contributed by atoms with Crippen molar-refractivity contribution in [3.8, 4) is 0 Å². The van der Waals surface area contributed by atoms with Crippen LogP contribution in [0.1, 0.15) is 5.56 Å². The summed E-state index contributed by atoms with van der Waals surface area (Å²) in [5.41, 5.74) is 4.72. The summed E-state index contributed by atoms with van der Waals surface area (Å²) in [4.78, 5) is -0.0770. The van der Waals surface area contributed by atoms with Gasteiger partial charge in [0.1, 0.15) is 10.7 Å². The van der Waals surface area contributed by atoms with Crippen LogP contribution in [0.25, 0.3) is 0 Å². The van der Waals surface area contributed by atoms with Crippen molar-refractivity contribution < 1.29 is 17.6 Å². The van der Waals surface area contributed by atoms with Crippen molar-refractivity contribution in [1.82, 2.24) is 0 Å². The Morgan fingerprint density at radius 2 is 1.62 bits per heavy atom. The lowest BCUT2D eigenvalue weighted by atomic mass is 10.1. The largest absolute Gasteiger partial charge is 0.389 e. The fourth-order valence-electron chi connectivity index (χ4n) is 1.65. The van der Waals surface area contributed by atoms with Gasteiger partial charge in [-0.15, -0.1) is 0 Å². The molecule has 8 heteroatoms. The van der Waals surface area contributed by atoms with Gasteiger partial charge in [0.2, 0.25) is 0 Å². The Morgan fingerprint density at radius 1 is 1.05 bits per heavy atom. The zero-order valence-corrected chi connectivity index (χ0v) is 11.8. The van der Waals surface area contributed by atoms with E-state index in [2.05, 4.69) is 5.32 Å². The van der Waals surface area contributed by atoms with Gasteiger partial charge in [-0.2, -0.15) is 0 Å². The average molecular weight is 335 g/mol. The van der Waals surface area contributed by atoms with E-state index in [-0.39, 0.29) is 27.3 Å². The second-order valence-corrected chi connectivity index (χ2v) is 4.90. The van der Waals surface area contributed by atoms with Crippen LogP contribution in [0.3, 0.4) is 0 Å². The second kappa shape index (κ2) is 5.87. The number of halogens is 5. The minimum Gasteiger partial charge on any atom is -0.389 e. The third-order valence-electron chi connectivity index (χ3n) is 2.62. The van der Waals surface area contributed by atoms with E-state index in [0.717, 1.165) is 0 Å². The summed E-state index contributed by atoms with van der Waals surface area (Å²) < 4.78 is 53.6. The number of benzene rings is 2. The summed E-state index contributed by atoms with van der Waals surface area (Å²) in [6.07, 6.45) is 0. The zero-order chi connectivity index (χ0) is 15.7. The van der Waals surface area contributed by atoms with Crippen molar-refractivity contribution in [1.29, 1.82) is 0 Å². The predicted molar refractivity (Wildman–Crippen MR) is 76.9 cm³/mol. The highest BCUT2D eigenvalue weighted by atomic mass is 35.5. The summed E-state index contributed by atoms with van der Waals surface area (Å²) in [5.74, 6) is -6.20. The Hall–Kier alpha value is -1.86. The van der Waals surface area contributed by atoms with Crippen LogP contribution in [0.15, 0.2) is 24.3 Å². The minimum atomic E-state index is -1.57. The van der Waals surface area contributed by atoms with Gasteiger partial charge in [0.15, 0.2) is 23.3 Å². The normalized spacial score (nSPS) is 10.5. The van der Waals surface area contributed by atoms with Crippen LogP contribution in [0, 0.1) is 23.3 Å². The molecule has 0 radical (unpaired) electrons. The molecule has 0 aliphatic carbocycles. The molecule has 0 aromatic heterocycles. The lowest BCUT2D eigenvalue weighted by Gasteiger charge is -2.13. The molecule has 3 N–H and O–H groups in total. The first-order valence-electron chi connectivity index (χ1n) is 5.50. The lowest BCUT2D eigenvalue weighted by Crippen LogP contribution is -2.13. The zero-order valence-electron chi connectivity index (χ0n) is 10.2. The fraction of sp³-hybridized carbons (Fsp3) is 0. The number of nitrogens with two attached hydrogens (primary N) is 1. The van der Waals surface area contributed by atoms with E-state index >= 15 is 0 Å². The van der Waals surface area contributed by atoms with Gasteiger partial charge >= 0.3 is 0 Å². The maximum atomic E-state index is 13.6. The molecule has 110 valence electrons. The van der Waals surface area contributed by atoms with Crippen LogP contribution in [0.4, 0.5) is 28.9 Å². The molecule has 2 rings (SSSR count). The van der Waals surface area contributed by atoms with E-state index in [1.54, 1.807) is 0 Å². The summed E-state index contributed by atoms with van der Waals surface area (Å²) >= 11 is 10.6.